The fourth-order valence-electron chi connectivity index (χ4n) is 3.55. The number of hydrogen-bond acceptors (Lipinski definition) is 4. The van der Waals surface area contributed by atoms with Gasteiger partial charge in [-0.1, -0.05) is 0 Å². The van der Waals surface area contributed by atoms with Gasteiger partial charge in [-0.05, 0) is 38.2 Å². The number of hydrogen-bond donors (Lipinski definition) is 1. The molecule has 2 N–H and O–H groups in total. The number of anilines is 1. The monoisotopic (exact) mass is 362 g/mol. The molecule has 26 heavy (non-hydrogen) atoms. The van der Waals surface area contributed by atoms with Gasteiger partial charge in [0, 0.05) is 64.1 Å². The molecule has 0 amide bonds. The SMILES string of the molecule is CC(CN=C(N)N1CCN(c2ccc(F)cc2)CC1)N1CCN(C)CC1. The minimum atomic E-state index is -0.196. The van der Waals surface area contributed by atoms with Gasteiger partial charge in [0.2, 0.25) is 0 Å². The first-order valence-corrected chi connectivity index (χ1v) is 9.51. The minimum Gasteiger partial charge on any atom is -0.370 e. The van der Waals surface area contributed by atoms with Crippen LogP contribution in [0.2, 0.25) is 0 Å². The van der Waals surface area contributed by atoms with Crippen LogP contribution in [0.25, 0.3) is 0 Å². The summed E-state index contributed by atoms with van der Waals surface area (Å²) in [4.78, 5) is 13.9. The zero-order valence-corrected chi connectivity index (χ0v) is 15.9. The first-order valence-electron chi connectivity index (χ1n) is 9.51. The number of aliphatic imine (C=N–C) groups is 1. The van der Waals surface area contributed by atoms with E-state index < -0.39 is 0 Å². The Morgan fingerprint density at radius 1 is 1.04 bits per heavy atom. The number of likely N-dealkylation sites (N-methyl/N-ethyl adjacent to an activating group) is 1. The van der Waals surface area contributed by atoms with Crippen LogP contribution in [-0.4, -0.2) is 92.7 Å². The van der Waals surface area contributed by atoms with Gasteiger partial charge in [-0.2, -0.15) is 0 Å². The molecule has 0 bridgehead atoms. The first kappa shape index (κ1) is 18.9. The van der Waals surface area contributed by atoms with Crippen molar-refractivity contribution in [2.75, 3.05) is 70.9 Å². The van der Waals surface area contributed by atoms with E-state index in [-0.39, 0.29) is 5.82 Å². The Bertz CT molecular complexity index is 589. The van der Waals surface area contributed by atoms with E-state index in [1.807, 2.05) is 12.1 Å². The van der Waals surface area contributed by atoms with Crippen LogP contribution in [-0.2, 0) is 0 Å². The molecule has 1 aromatic carbocycles. The van der Waals surface area contributed by atoms with E-state index in [9.17, 15) is 4.39 Å². The van der Waals surface area contributed by atoms with E-state index in [0.717, 1.165) is 64.6 Å². The second kappa shape index (κ2) is 8.68. The molecule has 2 saturated heterocycles. The summed E-state index contributed by atoms with van der Waals surface area (Å²) in [5, 5.41) is 0. The van der Waals surface area contributed by atoms with Gasteiger partial charge in [-0.25, -0.2) is 4.39 Å². The lowest BCUT2D eigenvalue weighted by molar-refractivity contribution is 0.122. The summed E-state index contributed by atoms with van der Waals surface area (Å²) in [5.41, 5.74) is 7.29. The molecule has 0 aliphatic carbocycles. The summed E-state index contributed by atoms with van der Waals surface area (Å²) >= 11 is 0. The van der Waals surface area contributed by atoms with Gasteiger partial charge in [0.1, 0.15) is 5.82 Å². The quantitative estimate of drug-likeness (QED) is 0.637. The molecule has 3 rings (SSSR count). The van der Waals surface area contributed by atoms with Crippen LogP contribution in [0, 0.1) is 5.82 Å². The van der Waals surface area contributed by atoms with Crippen molar-refractivity contribution in [1.82, 2.24) is 14.7 Å². The highest BCUT2D eigenvalue weighted by molar-refractivity contribution is 5.78. The molecule has 2 heterocycles. The maximum absolute atomic E-state index is 13.1. The van der Waals surface area contributed by atoms with Crippen LogP contribution in [0.3, 0.4) is 0 Å². The fraction of sp³-hybridized carbons (Fsp3) is 0.632. The average molecular weight is 362 g/mol. The molecule has 7 heteroatoms. The van der Waals surface area contributed by atoms with E-state index in [1.165, 1.54) is 12.1 Å². The second-order valence-corrected chi connectivity index (χ2v) is 7.34. The highest BCUT2D eigenvalue weighted by Crippen LogP contribution is 2.16. The zero-order valence-electron chi connectivity index (χ0n) is 15.9. The lowest BCUT2D eigenvalue weighted by Crippen LogP contribution is -2.52. The molecule has 144 valence electrons. The molecule has 6 nitrogen and oxygen atoms in total. The highest BCUT2D eigenvalue weighted by atomic mass is 19.1. The first-order chi connectivity index (χ1) is 12.5. The van der Waals surface area contributed by atoms with Crippen LogP contribution < -0.4 is 10.6 Å². The van der Waals surface area contributed by atoms with Crippen molar-refractivity contribution < 1.29 is 4.39 Å². The number of benzene rings is 1. The molecule has 0 spiro atoms. The molecule has 2 fully saturated rings. The molecular formula is C19H31FN6. The minimum absolute atomic E-state index is 0.196. The number of nitrogens with zero attached hydrogens (tertiary/aromatic N) is 5. The van der Waals surface area contributed by atoms with Crippen molar-refractivity contribution in [3.8, 4) is 0 Å². The third-order valence-electron chi connectivity index (χ3n) is 5.47. The van der Waals surface area contributed by atoms with Crippen molar-refractivity contribution >= 4 is 11.6 Å². The van der Waals surface area contributed by atoms with Gasteiger partial charge in [-0.15, -0.1) is 0 Å². The normalized spacial score (nSPS) is 21.9. The van der Waals surface area contributed by atoms with Crippen molar-refractivity contribution in [2.45, 2.75) is 13.0 Å². The molecule has 0 radical (unpaired) electrons. The molecule has 0 saturated carbocycles. The molecule has 1 atom stereocenters. The summed E-state index contributed by atoms with van der Waals surface area (Å²) in [6, 6.07) is 7.11. The maximum atomic E-state index is 13.1. The van der Waals surface area contributed by atoms with E-state index in [4.69, 9.17) is 5.73 Å². The summed E-state index contributed by atoms with van der Waals surface area (Å²) in [5.74, 6) is 0.447. The third-order valence-corrected chi connectivity index (χ3v) is 5.47. The smallest absolute Gasteiger partial charge is 0.191 e. The van der Waals surface area contributed by atoms with Crippen molar-refractivity contribution in [3.63, 3.8) is 0 Å². The molecule has 1 unspecified atom stereocenters. The third kappa shape index (κ3) is 4.86. The second-order valence-electron chi connectivity index (χ2n) is 7.34. The molecular weight excluding hydrogens is 331 g/mol. The lowest BCUT2D eigenvalue weighted by Gasteiger charge is -2.37. The number of halogens is 1. The molecule has 2 aliphatic rings. The summed E-state index contributed by atoms with van der Waals surface area (Å²) in [6.07, 6.45) is 0. The number of nitrogens with two attached hydrogens (primary N) is 1. The van der Waals surface area contributed by atoms with E-state index in [2.05, 4.69) is 38.6 Å². The van der Waals surface area contributed by atoms with Gasteiger partial charge in [0.25, 0.3) is 0 Å². The average Bonchev–Trinajstić information content (AvgIpc) is 2.67. The maximum Gasteiger partial charge on any atom is 0.191 e. The van der Waals surface area contributed by atoms with Crippen LogP contribution in [0.4, 0.5) is 10.1 Å². The van der Waals surface area contributed by atoms with E-state index in [1.54, 1.807) is 0 Å². The van der Waals surface area contributed by atoms with Crippen molar-refractivity contribution in [3.05, 3.63) is 30.1 Å². The van der Waals surface area contributed by atoms with Crippen LogP contribution in [0.5, 0.6) is 0 Å². The Hall–Kier alpha value is -1.86. The predicted molar refractivity (Wildman–Crippen MR) is 105 cm³/mol. The van der Waals surface area contributed by atoms with E-state index in [0.29, 0.717) is 12.0 Å². The van der Waals surface area contributed by atoms with Crippen LogP contribution in [0.15, 0.2) is 29.3 Å². The number of piperazine rings is 2. The zero-order chi connectivity index (χ0) is 18.5. The van der Waals surface area contributed by atoms with Gasteiger partial charge in [0.15, 0.2) is 5.96 Å². The molecule has 2 aliphatic heterocycles. The van der Waals surface area contributed by atoms with Crippen LogP contribution >= 0.6 is 0 Å². The Labute approximate surface area is 156 Å². The van der Waals surface area contributed by atoms with Gasteiger partial charge >= 0.3 is 0 Å². The Morgan fingerprint density at radius 3 is 2.27 bits per heavy atom. The Balaban J connectivity index is 1.46. The summed E-state index contributed by atoms with van der Waals surface area (Å²) in [7, 11) is 2.17. The standard InChI is InChI=1S/C19H31FN6/c1-16(24-9-7-23(2)8-10-24)15-22-19(21)26-13-11-25(12-14-26)18-5-3-17(20)4-6-18/h3-6,16H,7-15H2,1-2H3,(H2,21,22). The number of guanidine groups is 1. The van der Waals surface area contributed by atoms with Gasteiger partial charge in [0.05, 0.1) is 6.54 Å². The summed E-state index contributed by atoms with van der Waals surface area (Å²) in [6.45, 7) is 10.8. The molecule has 0 aromatic heterocycles. The summed E-state index contributed by atoms with van der Waals surface area (Å²) < 4.78 is 13.1. The highest BCUT2D eigenvalue weighted by Gasteiger charge is 2.21. The fourth-order valence-corrected chi connectivity index (χ4v) is 3.55. The number of rotatable bonds is 4. The lowest BCUT2D eigenvalue weighted by atomic mass is 10.2. The largest absolute Gasteiger partial charge is 0.370 e. The topological polar surface area (TPSA) is 51.3 Å². The van der Waals surface area contributed by atoms with Gasteiger partial charge < -0.3 is 20.4 Å². The van der Waals surface area contributed by atoms with E-state index >= 15 is 0 Å². The Morgan fingerprint density at radius 2 is 1.65 bits per heavy atom. The molecule has 1 aromatic rings. The van der Waals surface area contributed by atoms with Crippen LogP contribution in [0.1, 0.15) is 6.92 Å². The van der Waals surface area contributed by atoms with Gasteiger partial charge in [-0.3, -0.25) is 9.89 Å². The predicted octanol–water partition coefficient (Wildman–Crippen LogP) is 0.898. The van der Waals surface area contributed by atoms with Crippen molar-refractivity contribution in [2.24, 2.45) is 10.7 Å². The Kier molecular flexibility index (Phi) is 6.32. The van der Waals surface area contributed by atoms with Crippen molar-refractivity contribution in [1.29, 1.82) is 0 Å².